The molecule has 0 radical (unpaired) electrons. The van der Waals surface area contributed by atoms with E-state index in [2.05, 4.69) is 4.98 Å². The molecule has 0 saturated carbocycles. The number of nitrogens with zero attached hydrogens (tertiary/aromatic N) is 1. The average Bonchev–Trinajstić information content (AvgIpc) is 2.04. The van der Waals surface area contributed by atoms with Crippen LogP contribution in [-0.4, -0.2) is 27.1 Å². The van der Waals surface area contributed by atoms with Crippen LogP contribution in [0.5, 0.6) is 0 Å². The van der Waals surface area contributed by atoms with Crippen LogP contribution in [0, 0.1) is 0 Å². The van der Waals surface area contributed by atoms with Gasteiger partial charge in [0.25, 0.3) is 0 Å². The van der Waals surface area contributed by atoms with E-state index in [4.69, 9.17) is 10.2 Å². The molecule has 0 unspecified atom stereocenters. The molecule has 0 aliphatic rings. The number of carbonyl (C=O) groups is 2. The van der Waals surface area contributed by atoms with Gasteiger partial charge in [0.15, 0.2) is 0 Å². The number of aromatic nitrogens is 1. The van der Waals surface area contributed by atoms with E-state index in [1.54, 1.807) is 0 Å². The Hall–Kier alpha value is -1.31. The van der Waals surface area contributed by atoms with Crippen LogP contribution < -0.4 is 18.9 Å². The van der Waals surface area contributed by atoms with Crippen LogP contribution in [0.2, 0.25) is 0 Å². The second-order valence-corrected chi connectivity index (χ2v) is 2.04. The minimum absolute atomic E-state index is 0. The number of pyridine rings is 1. The van der Waals surface area contributed by atoms with Gasteiger partial charge in [-0.1, -0.05) is 0 Å². The summed E-state index contributed by atoms with van der Waals surface area (Å²) < 4.78 is 0. The van der Waals surface area contributed by atoms with Crippen molar-refractivity contribution in [2.24, 2.45) is 0 Å². The third-order valence-electron chi connectivity index (χ3n) is 1.23. The predicted molar refractivity (Wildman–Crippen MR) is 39.3 cm³/mol. The summed E-state index contributed by atoms with van der Waals surface area (Å²) in [5.74, 6) is -2.40. The molecule has 0 aromatic carbocycles. The zero-order valence-electron chi connectivity index (χ0n) is 7.89. The molecule has 5 nitrogen and oxygen atoms in total. The normalized spacial score (nSPS) is 8.62. The van der Waals surface area contributed by atoms with Gasteiger partial charge in [0.2, 0.25) is 0 Å². The Morgan fingerprint density at radius 2 is 1.92 bits per heavy atom. The van der Waals surface area contributed by atoms with Crippen LogP contribution in [0.15, 0.2) is 18.3 Å². The van der Waals surface area contributed by atoms with Gasteiger partial charge in [-0.05, 0) is 12.1 Å². The number of carboxylic acid groups (broad SMARTS) is 2. The summed E-state index contributed by atoms with van der Waals surface area (Å²) in [5, 5.41) is 16.9. The molecule has 1 rings (SSSR count). The standard InChI is InChI=1S/C7H5NO4.Li.H/c9-6(10)4-1-2-8-5(3-4)7(11)12;;/h1-3H,(H,9,10)(H,11,12);;/q;+1;-1. The molecule has 1 aromatic rings. The average molecular weight is 175 g/mol. The fraction of sp³-hybridized carbons (Fsp3) is 0. The summed E-state index contributed by atoms with van der Waals surface area (Å²) in [4.78, 5) is 24.1. The number of hydrogen-bond donors (Lipinski definition) is 2. The number of aromatic carboxylic acids is 2. The second-order valence-electron chi connectivity index (χ2n) is 2.04. The first-order valence-corrected chi connectivity index (χ1v) is 3.04. The molecular weight excluding hydrogens is 169 g/mol. The van der Waals surface area contributed by atoms with Gasteiger partial charge < -0.3 is 11.6 Å². The van der Waals surface area contributed by atoms with Crippen LogP contribution in [0.4, 0.5) is 0 Å². The molecule has 64 valence electrons. The summed E-state index contributed by atoms with van der Waals surface area (Å²) in [6.07, 6.45) is 1.15. The van der Waals surface area contributed by atoms with Crippen molar-refractivity contribution in [1.29, 1.82) is 0 Å². The molecule has 2 N–H and O–H groups in total. The summed E-state index contributed by atoms with van der Waals surface area (Å²) in [6, 6.07) is 2.24. The zero-order chi connectivity index (χ0) is 9.14. The predicted octanol–water partition coefficient (Wildman–Crippen LogP) is -2.41. The van der Waals surface area contributed by atoms with Gasteiger partial charge in [-0.2, -0.15) is 0 Å². The molecule has 0 aliphatic heterocycles. The largest absolute Gasteiger partial charge is 1.00 e. The maximum Gasteiger partial charge on any atom is 1.00 e. The molecule has 6 heteroatoms. The van der Waals surface area contributed by atoms with Crippen molar-refractivity contribution in [1.82, 2.24) is 4.98 Å². The molecule has 0 aliphatic carbocycles. The van der Waals surface area contributed by atoms with E-state index < -0.39 is 11.9 Å². The van der Waals surface area contributed by atoms with Crippen LogP contribution in [-0.2, 0) is 0 Å². The minimum atomic E-state index is -1.24. The number of rotatable bonds is 2. The topological polar surface area (TPSA) is 87.5 Å². The van der Waals surface area contributed by atoms with Crippen LogP contribution >= 0.6 is 0 Å². The number of carboxylic acids is 2. The fourth-order valence-electron chi connectivity index (χ4n) is 0.681. The monoisotopic (exact) mass is 175 g/mol. The van der Waals surface area contributed by atoms with Crippen molar-refractivity contribution in [2.75, 3.05) is 0 Å². The van der Waals surface area contributed by atoms with Crippen molar-refractivity contribution in [3.63, 3.8) is 0 Å². The van der Waals surface area contributed by atoms with Gasteiger partial charge in [0.05, 0.1) is 5.56 Å². The minimum Gasteiger partial charge on any atom is -1.00 e. The Kier molecular flexibility index (Phi) is 4.18. The Morgan fingerprint density at radius 1 is 1.31 bits per heavy atom. The third kappa shape index (κ3) is 2.90. The Morgan fingerprint density at radius 3 is 2.38 bits per heavy atom. The molecule has 0 bridgehead atoms. The molecule has 0 fully saturated rings. The maximum absolute atomic E-state index is 10.4. The molecule has 0 amide bonds. The van der Waals surface area contributed by atoms with E-state index in [0.717, 1.165) is 12.3 Å². The molecule has 13 heavy (non-hydrogen) atoms. The van der Waals surface area contributed by atoms with E-state index in [9.17, 15) is 9.59 Å². The Bertz CT molecular complexity index is 315. The molecule has 1 aromatic heterocycles. The molecule has 0 atom stereocenters. The first-order chi connectivity index (χ1) is 5.61. The van der Waals surface area contributed by atoms with Crippen molar-refractivity contribution >= 4 is 11.9 Å². The van der Waals surface area contributed by atoms with E-state index in [1.807, 2.05) is 0 Å². The van der Waals surface area contributed by atoms with E-state index in [1.165, 1.54) is 6.07 Å². The van der Waals surface area contributed by atoms with E-state index in [0.29, 0.717) is 0 Å². The van der Waals surface area contributed by atoms with Gasteiger partial charge in [0, 0.05) is 6.20 Å². The summed E-state index contributed by atoms with van der Waals surface area (Å²) in [5.41, 5.74) is -0.350. The fourth-order valence-corrected chi connectivity index (χ4v) is 0.681. The Balaban J connectivity index is 0. The van der Waals surface area contributed by atoms with E-state index in [-0.39, 0.29) is 31.5 Å². The smallest absolute Gasteiger partial charge is 1.00 e. The second kappa shape index (κ2) is 4.65. The van der Waals surface area contributed by atoms with Gasteiger partial charge in [0.1, 0.15) is 5.69 Å². The Labute approximate surface area is 87.1 Å². The summed E-state index contributed by atoms with van der Waals surface area (Å²) in [6.45, 7) is 0. The van der Waals surface area contributed by atoms with Gasteiger partial charge >= 0.3 is 30.8 Å². The van der Waals surface area contributed by atoms with Gasteiger partial charge in [-0.25, -0.2) is 14.6 Å². The molecular formula is C7H6LiNO4. The summed E-state index contributed by atoms with van der Waals surface area (Å²) >= 11 is 0. The maximum atomic E-state index is 10.4. The van der Waals surface area contributed by atoms with Gasteiger partial charge in [-0.3, -0.25) is 0 Å². The third-order valence-corrected chi connectivity index (χ3v) is 1.23. The molecule has 1 heterocycles. The first-order valence-electron chi connectivity index (χ1n) is 3.04. The van der Waals surface area contributed by atoms with Crippen molar-refractivity contribution < 1.29 is 40.1 Å². The van der Waals surface area contributed by atoms with Crippen LogP contribution in [0.25, 0.3) is 0 Å². The van der Waals surface area contributed by atoms with Crippen LogP contribution in [0.3, 0.4) is 0 Å². The van der Waals surface area contributed by atoms with E-state index >= 15 is 0 Å². The van der Waals surface area contributed by atoms with Gasteiger partial charge in [-0.15, -0.1) is 0 Å². The van der Waals surface area contributed by atoms with Crippen LogP contribution in [0.1, 0.15) is 22.3 Å². The quantitative estimate of drug-likeness (QED) is 0.489. The SMILES string of the molecule is O=C(O)c1ccnc(C(=O)O)c1.[H-].[Li+]. The zero-order valence-corrected chi connectivity index (χ0v) is 6.89. The number of hydrogen-bond acceptors (Lipinski definition) is 3. The van der Waals surface area contributed by atoms with Crippen molar-refractivity contribution in [2.45, 2.75) is 0 Å². The molecule has 0 saturated heterocycles. The summed E-state index contributed by atoms with van der Waals surface area (Å²) in [7, 11) is 0. The first kappa shape index (κ1) is 11.7. The molecule has 0 spiro atoms. The van der Waals surface area contributed by atoms with Crippen molar-refractivity contribution in [3.8, 4) is 0 Å². The van der Waals surface area contributed by atoms with Crippen molar-refractivity contribution in [3.05, 3.63) is 29.6 Å².